The molecule has 0 saturated carbocycles. The van der Waals surface area contributed by atoms with Gasteiger partial charge in [0.1, 0.15) is 0 Å². The fourth-order valence-corrected chi connectivity index (χ4v) is 2.79. The third kappa shape index (κ3) is 3.90. The Balaban J connectivity index is 2.37. The summed E-state index contributed by atoms with van der Waals surface area (Å²) >= 11 is 0. The van der Waals surface area contributed by atoms with E-state index in [9.17, 15) is 9.59 Å². The zero-order valence-corrected chi connectivity index (χ0v) is 13.8. The van der Waals surface area contributed by atoms with Gasteiger partial charge >= 0.3 is 5.97 Å². The molecule has 0 bridgehead atoms. The molecule has 0 aliphatic rings. The maximum atomic E-state index is 12.0. The summed E-state index contributed by atoms with van der Waals surface area (Å²) in [7, 11) is 0. The third-order valence-electron chi connectivity index (χ3n) is 4.35. The van der Waals surface area contributed by atoms with Crippen molar-refractivity contribution >= 4 is 11.9 Å². The summed E-state index contributed by atoms with van der Waals surface area (Å²) in [5, 5.41) is 11.5. The second-order valence-corrected chi connectivity index (χ2v) is 5.84. The summed E-state index contributed by atoms with van der Waals surface area (Å²) in [6, 6.07) is 19.7. The van der Waals surface area contributed by atoms with E-state index in [2.05, 4.69) is 12.2 Å². The first-order valence-corrected chi connectivity index (χ1v) is 7.77. The molecular formula is C20H21NO3. The van der Waals surface area contributed by atoms with E-state index in [1.54, 1.807) is 0 Å². The first-order chi connectivity index (χ1) is 11.4. The molecule has 1 atom stereocenters. The van der Waals surface area contributed by atoms with E-state index in [0.29, 0.717) is 0 Å². The van der Waals surface area contributed by atoms with Crippen LogP contribution in [0.4, 0.5) is 0 Å². The Labute approximate surface area is 141 Å². The predicted octanol–water partition coefficient (Wildman–Crippen LogP) is 3.14. The van der Waals surface area contributed by atoms with E-state index in [1.165, 1.54) is 0 Å². The number of benzene rings is 2. The lowest BCUT2D eigenvalue weighted by Crippen LogP contribution is -2.47. The van der Waals surface area contributed by atoms with Crippen molar-refractivity contribution in [1.82, 2.24) is 5.32 Å². The normalized spacial score (nSPS) is 12.8. The van der Waals surface area contributed by atoms with E-state index in [0.717, 1.165) is 23.3 Å². The molecule has 0 fully saturated rings. The fourth-order valence-electron chi connectivity index (χ4n) is 2.79. The second-order valence-electron chi connectivity index (χ2n) is 5.84. The van der Waals surface area contributed by atoms with Gasteiger partial charge in [-0.3, -0.25) is 4.79 Å². The summed E-state index contributed by atoms with van der Waals surface area (Å²) in [5.74, 6) is -1.57. The van der Waals surface area contributed by atoms with Crippen molar-refractivity contribution in [2.75, 3.05) is 0 Å². The molecule has 0 aliphatic heterocycles. The molecule has 2 rings (SSSR count). The van der Waals surface area contributed by atoms with Crippen LogP contribution >= 0.6 is 0 Å². The van der Waals surface area contributed by atoms with Crippen LogP contribution in [-0.4, -0.2) is 23.0 Å². The topological polar surface area (TPSA) is 66.4 Å². The Bertz CT molecular complexity index is 684. The summed E-state index contributed by atoms with van der Waals surface area (Å²) in [6.45, 7) is 4.00. The van der Waals surface area contributed by atoms with Gasteiger partial charge in [0.15, 0.2) is 0 Å². The highest BCUT2D eigenvalue weighted by Gasteiger charge is 2.35. The van der Waals surface area contributed by atoms with Gasteiger partial charge in [-0.15, -0.1) is 0 Å². The minimum absolute atomic E-state index is 0.242. The molecule has 2 aromatic carbocycles. The molecular weight excluding hydrogens is 302 g/mol. The van der Waals surface area contributed by atoms with Gasteiger partial charge in [0.2, 0.25) is 5.91 Å². The molecule has 0 saturated heterocycles. The number of hydrogen-bond donors (Lipinski definition) is 2. The first kappa shape index (κ1) is 17.5. The van der Waals surface area contributed by atoms with E-state index in [1.807, 2.05) is 67.6 Å². The smallest absolute Gasteiger partial charge is 0.328 e. The number of hydrogen-bond acceptors (Lipinski definition) is 2. The van der Waals surface area contributed by atoms with E-state index in [4.69, 9.17) is 5.11 Å². The molecule has 2 aromatic rings. The van der Waals surface area contributed by atoms with Crippen LogP contribution < -0.4 is 5.32 Å². The molecule has 0 heterocycles. The monoisotopic (exact) mass is 323 g/mol. The summed E-state index contributed by atoms with van der Waals surface area (Å²) < 4.78 is 0. The molecule has 0 aliphatic carbocycles. The fraction of sp³-hybridized carbons (Fsp3) is 0.200. The average Bonchev–Trinajstić information content (AvgIpc) is 2.60. The van der Waals surface area contributed by atoms with Crippen LogP contribution in [0.15, 0.2) is 72.8 Å². The molecule has 0 spiro atoms. The lowest BCUT2D eigenvalue weighted by Gasteiger charge is -2.37. The minimum atomic E-state index is -1.15. The van der Waals surface area contributed by atoms with E-state index < -0.39 is 17.3 Å². The zero-order valence-electron chi connectivity index (χ0n) is 13.8. The molecule has 0 unspecified atom stereocenters. The van der Waals surface area contributed by atoms with Crippen molar-refractivity contribution < 1.29 is 14.7 Å². The third-order valence-corrected chi connectivity index (χ3v) is 4.35. The van der Waals surface area contributed by atoms with Crippen molar-refractivity contribution in [2.24, 2.45) is 0 Å². The van der Waals surface area contributed by atoms with Gasteiger partial charge in [-0.2, -0.15) is 0 Å². The van der Waals surface area contributed by atoms with Crippen molar-refractivity contribution in [3.8, 4) is 0 Å². The number of nitrogens with one attached hydrogen (secondary N) is 1. The van der Waals surface area contributed by atoms with Crippen LogP contribution in [0.3, 0.4) is 0 Å². The number of amides is 1. The number of carbonyl (C=O) groups is 2. The molecule has 0 radical (unpaired) electrons. The summed E-state index contributed by atoms with van der Waals surface area (Å²) in [5.41, 5.74) is 1.70. The van der Waals surface area contributed by atoms with Crippen molar-refractivity contribution in [2.45, 2.75) is 25.3 Å². The average molecular weight is 323 g/mol. The minimum Gasteiger partial charge on any atom is -0.478 e. The van der Waals surface area contributed by atoms with Gasteiger partial charge in [0, 0.05) is 23.6 Å². The highest BCUT2D eigenvalue weighted by atomic mass is 16.4. The second kappa shape index (κ2) is 7.59. The Kier molecular flexibility index (Phi) is 5.53. The summed E-state index contributed by atoms with van der Waals surface area (Å²) in [4.78, 5) is 22.6. The van der Waals surface area contributed by atoms with Gasteiger partial charge in [0.25, 0.3) is 0 Å². The van der Waals surface area contributed by atoms with Gasteiger partial charge in [-0.1, -0.05) is 60.7 Å². The first-order valence-electron chi connectivity index (χ1n) is 7.77. The molecule has 24 heavy (non-hydrogen) atoms. The predicted molar refractivity (Wildman–Crippen MR) is 93.7 cm³/mol. The quantitative estimate of drug-likeness (QED) is 0.803. The Hall–Kier alpha value is -2.88. The molecule has 4 nitrogen and oxygen atoms in total. The maximum Gasteiger partial charge on any atom is 0.328 e. The number of rotatable bonds is 6. The standard InChI is InChI=1S/C20H21NO3/c1-15(21-18(22)13-14-19(23)24)20(2,16-9-5-3-6-10-16)17-11-7-4-8-12-17/h3-15H,1-2H3,(H,21,22)(H,23,24)/b14-13-/t15-/m1/s1. The lowest BCUT2D eigenvalue weighted by atomic mass is 9.71. The Morgan fingerprint density at radius 3 is 1.83 bits per heavy atom. The number of aliphatic carboxylic acids is 1. The molecule has 0 aromatic heterocycles. The number of carboxylic acids is 1. The molecule has 4 heteroatoms. The van der Waals surface area contributed by atoms with Gasteiger partial charge < -0.3 is 10.4 Å². The molecule has 1 amide bonds. The Morgan fingerprint density at radius 2 is 1.42 bits per heavy atom. The van der Waals surface area contributed by atoms with Gasteiger partial charge in [-0.25, -0.2) is 4.79 Å². The van der Waals surface area contributed by atoms with Crippen molar-refractivity contribution in [3.63, 3.8) is 0 Å². The van der Waals surface area contributed by atoms with Crippen molar-refractivity contribution in [3.05, 3.63) is 83.9 Å². The van der Waals surface area contributed by atoms with Gasteiger partial charge in [-0.05, 0) is 25.0 Å². The van der Waals surface area contributed by atoms with Crippen LogP contribution in [-0.2, 0) is 15.0 Å². The van der Waals surface area contributed by atoms with E-state index in [-0.39, 0.29) is 6.04 Å². The van der Waals surface area contributed by atoms with E-state index >= 15 is 0 Å². The summed E-state index contributed by atoms with van der Waals surface area (Å²) in [6.07, 6.45) is 1.87. The number of carboxylic acid groups (broad SMARTS) is 1. The molecule has 124 valence electrons. The van der Waals surface area contributed by atoms with Crippen LogP contribution in [0.2, 0.25) is 0 Å². The van der Waals surface area contributed by atoms with Crippen LogP contribution in [0, 0.1) is 0 Å². The molecule has 2 N–H and O–H groups in total. The zero-order chi connectivity index (χ0) is 17.6. The van der Waals surface area contributed by atoms with Crippen molar-refractivity contribution in [1.29, 1.82) is 0 Å². The number of carbonyl (C=O) groups excluding carboxylic acids is 1. The SMILES string of the molecule is C[C@@H](NC(=O)/C=C\C(=O)O)C(C)(c1ccccc1)c1ccccc1. The lowest BCUT2D eigenvalue weighted by molar-refractivity contribution is -0.131. The van der Waals surface area contributed by atoms with Crippen LogP contribution in [0.25, 0.3) is 0 Å². The highest BCUT2D eigenvalue weighted by Crippen LogP contribution is 2.35. The van der Waals surface area contributed by atoms with Gasteiger partial charge in [0.05, 0.1) is 0 Å². The van der Waals surface area contributed by atoms with Crippen LogP contribution in [0.1, 0.15) is 25.0 Å². The Morgan fingerprint density at radius 1 is 0.958 bits per heavy atom. The maximum absolute atomic E-state index is 12.0. The van der Waals surface area contributed by atoms with Crippen LogP contribution in [0.5, 0.6) is 0 Å². The highest BCUT2D eigenvalue weighted by molar-refractivity contribution is 5.94. The largest absolute Gasteiger partial charge is 0.478 e.